The van der Waals surface area contributed by atoms with Gasteiger partial charge in [-0.2, -0.15) is 5.10 Å². The molecule has 60 valence electrons. The molecule has 0 amide bonds. The van der Waals surface area contributed by atoms with Crippen molar-refractivity contribution in [2.75, 3.05) is 5.32 Å². The van der Waals surface area contributed by atoms with E-state index in [1.165, 1.54) is 21.8 Å². The normalized spacial score (nSPS) is 13.3. The molecule has 2 aromatic rings. The molecule has 0 aromatic carbocycles. The van der Waals surface area contributed by atoms with Crippen LogP contribution in [-0.4, -0.2) is 10.2 Å². The molecular weight excluding hydrogens is 170 g/mol. The van der Waals surface area contributed by atoms with Gasteiger partial charge >= 0.3 is 0 Å². The standard InChI is InChI=1S/C8H7N3S/c1-2-12-8-5-3-10-11-7(5)4-9-6(1)8/h1-3,9H,4H2,(H,10,11). The minimum absolute atomic E-state index is 0.860. The van der Waals surface area contributed by atoms with Crippen LogP contribution in [0.4, 0.5) is 5.69 Å². The molecule has 12 heavy (non-hydrogen) atoms. The Balaban J connectivity index is 2.32. The average molecular weight is 177 g/mol. The highest BCUT2D eigenvalue weighted by molar-refractivity contribution is 7.14. The Morgan fingerprint density at radius 3 is 3.50 bits per heavy atom. The number of anilines is 1. The molecule has 0 saturated carbocycles. The van der Waals surface area contributed by atoms with Crippen molar-refractivity contribution in [3.63, 3.8) is 0 Å². The van der Waals surface area contributed by atoms with Gasteiger partial charge in [-0.15, -0.1) is 11.3 Å². The van der Waals surface area contributed by atoms with Crippen molar-refractivity contribution < 1.29 is 0 Å². The van der Waals surface area contributed by atoms with Crippen molar-refractivity contribution in [3.8, 4) is 10.4 Å². The van der Waals surface area contributed by atoms with Crippen LogP contribution in [-0.2, 0) is 6.54 Å². The number of nitrogens with one attached hydrogen (secondary N) is 2. The second-order valence-electron chi connectivity index (χ2n) is 2.78. The molecule has 3 nitrogen and oxygen atoms in total. The Hall–Kier alpha value is -1.29. The van der Waals surface area contributed by atoms with Crippen LogP contribution in [0.15, 0.2) is 17.6 Å². The maximum Gasteiger partial charge on any atom is 0.0630 e. The van der Waals surface area contributed by atoms with Gasteiger partial charge in [-0.05, 0) is 11.4 Å². The van der Waals surface area contributed by atoms with Crippen LogP contribution >= 0.6 is 11.3 Å². The Morgan fingerprint density at radius 2 is 2.50 bits per heavy atom. The van der Waals surface area contributed by atoms with Crippen molar-refractivity contribution >= 4 is 17.0 Å². The lowest BCUT2D eigenvalue weighted by Crippen LogP contribution is -2.05. The van der Waals surface area contributed by atoms with Gasteiger partial charge in [0, 0.05) is 5.56 Å². The fourth-order valence-electron chi connectivity index (χ4n) is 1.48. The molecule has 3 rings (SSSR count). The molecule has 0 unspecified atom stereocenters. The molecule has 0 atom stereocenters. The van der Waals surface area contributed by atoms with E-state index in [-0.39, 0.29) is 0 Å². The van der Waals surface area contributed by atoms with Crippen LogP contribution in [0, 0.1) is 0 Å². The minimum atomic E-state index is 0.860. The van der Waals surface area contributed by atoms with E-state index in [0.717, 1.165) is 6.54 Å². The van der Waals surface area contributed by atoms with Crippen molar-refractivity contribution in [1.82, 2.24) is 10.2 Å². The van der Waals surface area contributed by atoms with Crippen LogP contribution in [0.2, 0.25) is 0 Å². The summed E-state index contributed by atoms with van der Waals surface area (Å²) in [6.07, 6.45) is 1.89. The average Bonchev–Trinajstić information content (AvgIpc) is 2.71. The second kappa shape index (κ2) is 2.10. The number of hydrogen-bond donors (Lipinski definition) is 2. The van der Waals surface area contributed by atoms with Crippen LogP contribution in [0.25, 0.3) is 10.4 Å². The van der Waals surface area contributed by atoms with E-state index in [0.29, 0.717) is 0 Å². The summed E-state index contributed by atoms with van der Waals surface area (Å²) in [6, 6.07) is 2.11. The predicted molar refractivity (Wildman–Crippen MR) is 49.2 cm³/mol. The number of aromatic amines is 1. The summed E-state index contributed by atoms with van der Waals surface area (Å²) in [4.78, 5) is 1.30. The summed E-state index contributed by atoms with van der Waals surface area (Å²) in [5, 5.41) is 12.4. The van der Waals surface area contributed by atoms with Crippen molar-refractivity contribution in [2.45, 2.75) is 6.54 Å². The summed E-state index contributed by atoms with van der Waals surface area (Å²) in [6.45, 7) is 0.860. The molecule has 2 aromatic heterocycles. The van der Waals surface area contributed by atoms with Crippen LogP contribution in [0.1, 0.15) is 5.69 Å². The summed E-state index contributed by atoms with van der Waals surface area (Å²) in [7, 11) is 0. The highest BCUT2D eigenvalue weighted by Crippen LogP contribution is 2.38. The lowest BCUT2D eigenvalue weighted by atomic mass is 10.1. The van der Waals surface area contributed by atoms with E-state index in [1.807, 2.05) is 6.20 Å². The zero-order valence-electron chi connectivity index (χ0n) is 6.29. The minimum Gasteiger partial charge on any atom is -0.378 e. The quantitative estimate of drug-likeness (QED) is 0.646. The molecule has 2 N–H and O–H groups in total. The van der Waals surface area contributed by atoms with Gasteiger partial charge in [0.15, 0.2) is 0 Å². The molecule has 0 bridgehead atoms. The van der Waals surface area contributed by atoms with E-state index >= 15 is 0 Å². The molecule has 0 aliphatic carbocycles. The van der Waals surface area contributed by atoms with Gasteiger partial charge < -0.3 is 5.32 Å². The molecular formula is C8H7N3S. The van der Waals surface area contributed by atoms with E-state index < -0.39 is 0 Å². The molecule has 0 radical (unpaired) electrons. The molecule has 3 heterocycles. The van der Waals surface area contributed by atoms with E-state index in [4.69, 9.17) is 0 Å². The van der Waals surface area contributed by atoms with Gasteiger partial charge in [0.05, 0.1) is 29.0 Å². The number of nitrogens with zero attached hydrogens (tertiary/aromatic N) is 1. The number of fused-ring (bicyclic) bond motifs is 3. The topological polar surface area (TPSA) is 40.7 Å². The van der Waals surface area contributed by atoms with Gasteiger partial charge in [0.25, 0.3) is 0 Å². The smallest absolute Gasteiger partial charge is 0.0630 e. The zero-order valence-corrected chi connectivity index (χ0v) is 7.11. The van der Waals surface area contributed by atoms with Gasteiger partial charge in [-0.1, -0.05) is 0 Å². The van der Waals surface area contributed by atoms with Gasteiger partial charge in [0.2, 0.25) is 0 Å². The summed E-state index contributed by atoms with van der Waals surface area (Å²) in [5.74, 6) is 0. The first-order valence-corrected chi connectivity index (χ1v) is 4.67. The molecule has 4 heteroatoms. The van der Waals surface area contributed by atoms with Gasteiger partial charge in [0.1, 0.15) is 0 Å². The first-order valence-electron chi connectivity index (χ1n) is 3.79. The van der Waals surface area contributed by atoms with Gasteiger partial charge in [-0.3, -0.25) is 5.10 Å². The molecule has 0 spiro atoms. The number of thiophene rings is 1. The Kier molecular flexibility index (Phi) is 1.10. The third-order valence-corrected chi connectivity index (χ3v) is 3.03. The predicted octanol–water partition coefficient (Wildman–Crippen LogP) is 2.06. The highest BCUT2D eigenvalue weighted by atomic mass is 32.1. The van der Waals surface area contributed by atoms with Gasteiger partial charge in [-0.25, -0.2) is 0 Å². The molecule has 0 fully saturated rings. The van der Waals surface area contributed by atoms with Crippen LogP contribution < -0.4 is 5.32 Å². The zero-order chi connectivity index (χ0) is 7.97. The Morgan fingerprint density at radius 1 is 1.50 bits per heavy atom. The maximum atomic E-state index is 4.02. The number of rotatable bonds is 0. The van der Waals surface area contributed by atoms with Crippen LogP contribution in [0.3, 0.4) is 0 Å². The Bertz CT molecular complexity index is 375. The first-order chi connectivity index (χ1) is 5.95. The molecule has 0 saturated heterocycles. The number of hydrogen-bond acceptors (Lipinski definition) is 3. The van der Waals surface area contributed by atoms with Crippen molar-refractivity contribution in [3.05, 3.63) is 23.3 Å². The van der Waals surface area contributed by atoms with Crippen molar-refractivity contribution in [1.29, 1.82) is 0 Å². The largest absolute Gasteiger partial charge is 0.378 e. The number of H-pyrrole nitrogens is 1. The van der Waals surface area contributed by atoms with E-state index in [2.05, 4.69) is 27.0 Å². The number of aromatic nitrogens is 2. The first kappa shape index (κ1) is 6.25. The lowest BCUT2D eigenvalue weighted by Gasteiger charge is -2.12. The maximum absolute atomic E-state index is 4.02. The Labute approximate surface area is 73.4 Å². The third-order valence-electron chi connectivity index (χ3n) is 2.08. The highest BCUT2D eigenvalue weighted by Gasteiger charge is 2.17. The van der Waals surface area contributed by atoms with Crippen LogP contribution in [0.5, 0.6) is 0 Å². The fraction of sp³-hybridized carbons (Fsp3) is 0.125. The van der Waals surface area contributed by atoms with Crippen molar-refractivity contribution in [2.24, 2.45) is 0 Å². The molecule has 1 aliphatic heterocycles. The molecule has 1 aliphatic rings. The SMILES string of the molecule is c1cc2c(s1)-c1cn[nH]c1CN2. The monoisotopic (exact) mass is 177 g/mol. The second-order valence-corrected chi connectivity index (χ2v) is 3.70. The van der Waals surface area contributed by atoms with E-state index in [1.54, 1.807) is 11.3 Å². The summed E-state index contributed by atoms with van der Waals surface area (Å²) >= 11 is 1.75. The van der Waals surface area contributed by atoms with E-state index in [9.17, 15) is 0 Å². The third kappa shape index (κ3) is 0.674. The fourth-order valence-corrected chi connectivity index (χ4v) is 2.39. The summed E-state index contributed by atoms with van der Waals surface area (Å²) < 4.78 is 0. The lowest BCUT2D eigenvalue weighted by molar-refractivity contribution is 0.979. The summed E-state index contributed by atoms with van der Waals surface area (Å²) in [5.41, 5.74) is 3.66.